The number of hydrogen-bond donors (Lipinski definition) is 2. The van der Waals surface area contributed by atoms with E-state index < -0.39 is 0 Å². The monoisotopic (exact) mass is 341 g/mol. The Morgan fingerprint density at radius 2 is 2.04 bits per heavy atom. The van der Waals surface area contributed by atoms with Crippen LogP contribution in [0.4, 0.5) is 5.69 Å². The molecular weight excluding hydrogens is 318 g/mol. The minimum absolute atomic E-state index is 0.0122. The van der Waals surface area contributed by atoms with Crippen LogP contribution in [0.5, 0.6) is 11.5 Å². The first-order valence-corrected chi connectivity index (χ1v) is 8.42. The van der Waals surface area contributed by atoms with E-state index in [0.29, 0.717) is 23.8 Å². The number of amides is 1. The number of aromatic nitrogens is 1. The van der Waals surface area contributed by atoms with Crippen molar-refractivity contribution >= 4 is 11.6 Å². The second kappa shape index (κ2) is 7.98. The Morgan fingerprint density at radius 3 is 2.72 bits per heavy atom. The second-order valence-electron chi connectivity index (χ2n) is 6.27. The predicted octanol–water partition coefficient (Wildman–Crippen LogP) is 2.74. The summed E-state index contributed by atoms with van der Waals surface area (Å²) in [4.78, 5) is 16.3. The van der Waals surface area contributed by atoms with Gasteiger partial charge in [-0.3, -0.25) is 9.78 Å². The molecule has 0 saturated heterocycles. The lowest BCUT2D eigenvalue weighted by molar-refractivity contribution is -0.119. The number of carbonyl (C=O) groups excluding carboxylic acids is 1. The zero-order valence-corrected chi connectivity index (χ0v) is 14.3. The first kappa shape index (κ1) is 17.2. The molecule has 2 atom stereocenters. The van der Waals surface area contributed by atoms with E-state index in [2.05, 4.69) is 10.3 Å². The molecule has 1 saturated carbocycles. The van der Waals surface area contributed by atoms with Crippen molar-refractivity contribution in [3.05, 3.63) is 48.3 Å². The first-order valence-electron chi connectivity index (χ1n) is 8.42. The normalized spacial score (nSPS) is 19.4. The molecule has 0 radical (unpaired) electrons. The molecule has 0 bridgehead atoms. The summed E-state index contributed by atoms with van der Waals surface area (Å²) in [5.41, 5.74) is 7.59. The molecule has 6 nitrogen and oxygen atoms in total. The highest BCUT2D eigenvalue weighted by Crippen LogP contribution is 2.32. The molecule has 25 heavy (non-hydrogen) atoms. The van der Waals surface area contributed by atoms with Gasteiger partial charge < -0.3 is 20.5 Å². The summed E-state index contributed by atoms with van der Waals surface area (Å²) in [5, 5.41) is 2.95. The van der Waals surface area contributed by atoms with Crippen LogP contribution in [-0.4, -0.2) is 24.0 Å². The van der Waals surface area contributed by atoms with E-state index in [1.165, 1.54) is 0 Å². The van der Waals surface area contributed by atoms with E-state index in [1.54, 1.807) is 31.6 Å². The summed E-state index contributed by atoms with van der Waals surface area (Å²) < 4.78 is 11.2. The van der Waals surface area contributed by atoms with E-state index in [-0.39, 0.29) is 17.9 Å². The zero-order valence-electron chi connectivity index (χ0n) is 14.3. The van der Waals surface area contributed by atoms with Crippen molar-refractivity contribution in [3.63, 3.8) is 0 Å². The molecule has 3 rings (SSSR count). The molecule has 0 aliphatic heterocycles. The maximum atomic E-state index is 12.4. The fourth-order valence-corrected chi connectivity index (χ4v) is 3.01. The SMILES string of the molecule is COc1ccc(NC(=O)C2CCC(N)C2)cc1OCc1ccncc1. The zero-order chi connectivity index (χ0) is 17.6. The van der Waals surface area contributed by atoms with E-state index in [9.17, 15) is 4.79 Å². The average molecular weight is 341 g/mol. The smallest absolute Gasteiger partial charge is 0.227 e. The highest BCUT2D eigenvalue weighted by Gasteiger charge is 2.27. The van der Waals surface area contributed by atoms with Gasteiger partial charge in [0.25, 0.3) is 0 Å². The third-order valence-electron chi connectivity index (χ3n) is 4.42. The van der Waals surface area contributed by atoms with Crippen LogP contribution in [0.15, 0.2) is 42.7 Å². The lowest BCUT2D eigenvalue weighted by atomic mass is 10.1. The summed E-state index contributed by atoms with van der Waals surface area (Å²) in [6.07, 6.45) is 5.93. The summed E-state index contributed by atoms with van der Waals surface area (Å²) in [5.74, 6) is 1.20. The molecule has 1 aromatic carbocycles. The molecule has 1 aliphatic carbocycles. The number of methoxy groups -OCH3 is 1. The molecule has 1 aliphatic rings. The number of ether oxygens (including phenoxy) is 2. The largest absolute Gasteiger partial charge is 0.493 e. The maximum absolute atomic E-state index is 12.4. The van der Waals surface area contributed by atoms with Gasteiger partial charge in [-0.05, 0) is 49.1 Å². The minimum Gasteiger partial charge on any atom is -0.493 e. The van der Waals surface area contributed by atoms with Gasteiger partial charge in [-0.25, -0.2) is 0 Å². The van der Waals surface area contributed by atoms with Gasteiger partial charge in [-0.15, -0.1) is 0 Å². The van der Waals surface area contributed by atoms with Crippen molar-refractivity contribution in [2.24, 2.45) is 11.7 Å². The highest BCUT2D eigenvalue weighted by molar-refractivity contribution is 5.93. The number of anilines is 1. The summed E-state index contributed by atoms with van der Waals surface area (Å²) in [7, 11) is 1.59. The number of nitrogens with one attached hydrogen (secondary N) is 1. The van der Waals surface area contributed by atoms with Gasteiger partial charge in [0.1, 0.15) is 6.61 Å². The fourth-order valence-electron chi connectivity index (χ4n) is 3.01. The Bertz CT molecular complexity index is 721. The first-order chi connectivity index (χ1) is 12.2. The third-order valence-corrected chi connectivity index (χ3v) is 4.42. The molecule has 1 amide bonds. The quantitative estimate of drug-likeness (QED) is 0.844. The van der Waals surface area contributed by atoms with Crippen LogP contribution in [0.2, 0.25) is 0 Å². The lowest BCUT2D eigenvalue weighted by Gasteiger charge is -2.14. The van der Waals surface area contributed by atoms with Crippen molar-refractivity contribution in [2.75, 3.05) is 12.4 Å². The van der Waals surface area contributed by atoms with Crippen LogP contribution in [0.1, 0.15) is 24.8 Å². The molecule has 2 aromatic rings. The van der Waals surface area contributed by atoms with Crippen molar-refractivity contribution < 1.29 is 14.3 Å². The predicted molar refractivity (Wildman–Crippen MR) is 95.5 cm³/mol. The van der Waals surface area contributed by atoms with Crippen LogP contribution in [0.25, 0.3) is 0 Å². The molecule has 1 fully saturated rings. The van der Waals surface area contributed by atoms with Gasteiger partial charge in [0, 0.05) is 36.1 Å². The highest BCUT2D eigenvalue weighted by atomic mass is 16.5. The summed E-state index contributed by atoms with van der Waals surface area (Å²) >= 11 is 0. The number of nitrogens with zero attached hydrogens (tertiary/aromatic N) is 1. The van der Waals surface area contributed by atoms with Crippen molar-refractivity contribution in [1.29, 1.82) is 0 Å². The number of carbonyl (C=O) groups is 1. The van der Waals surface area contributed by atoms with Gasteiger partial charge in [0.2, 0.25) is 5.91 Å². The van der Waals surface area contributed by atoms with Crippen LogP contribution in [0, 0.1) is 5.92 Å². The standard InChI is InChI=1S/C19H23N3O3/c1-24-17-5-4-16(22-19(23)14-2-3-15(20)10-14)11-18(17)25-12-13-6-8-21-9-7-13/h4-9,11,14-15H,2-3,10,12,20H2,1H3,(H,22,23). The molecule has 0 spiro atoms. The van der Waals surface area contributed by atoms with Crippen LogP contribution >= 0.6 is 0 Å². The van der Waals surface area contributed by atoms with E-state index in [1.807, 2.05) is 18.2 Å². The Morgan fingerprint density at radius 1 is 1.24 bits per heavy atom. The molecule has 3 N–H and O–H groups in total. The van der Waals surface area contributed by atoms with Crippen molar-refractivity contribution in [2.45, 2.75) is 31.9 Å². The summed E-state index contributed by atoms with van der Waals surface area (Å²) in [6.45, 7) is 0.397. The molecule has 1 aromatic heterocycles. The number of rotatable bonds is 6. The van der Waals surface area contributed by atoms with Gasteiger partial charge in [0.05, 0.1) is 7.11 Å². The lowest BCUT2D eigenvalue weighted by Crippen LogP contribution is -2.23. The maximum Gasteiger partial charge on any atom is 0.227 e. The van der Waals surface area contributed by atoms with Gasteiger partial charge in [-0.2, -0.15) is 0 Å². The van der Waals surface area contributed by atoms with Gasteiger partial charge >= 0.3 is 0 Å². The Balaban J connectivity index is 1.67. The van der Waals surface area contributed by atoms with Crippen LogP contribution < -0.4 is 20.5 Å². The third kappa shape index (κ3) is 4.48. The Labute approximate surface area is 147 Å². The Kier molecular flexibility index (Phi) is 5.50. The molecule has 132 valence electrons. The fraction of sp³-hybridized carbons (Fsp3) is 0.368. The molecule has 1 heterocycles. The minimum atomic E-state index is -0.0155. The van der Waals surface area contributed by atoms with E-state index in [4.69, 9.17) is 15.2 Å². The van der Waals surface area contributed by atoms with Crippen LogP contribution in [-0.2, 0) is 11.4 Å². The number of nitrogens with two attached hydrogens (primary N) is 1. The average Bonchev–Trinajstić information content (AvgIpc) is 3.07. The number of pyridine rings is 1. The van der Waals surface area contributed by atoms with E-state index in [0.717, 1.165) is 24.8 Å². The topological polar surface area (TPSA) is 86.5 Å². The molecule has 2 unspecified atom stereocenters. The molecular formula is C19H23N3O3. The summed E-state index contributed by atoms with van der Waals surface area (Å²) in [6, 6.07) is 9.30. The van der Waals surface area contributed by atoms with Gasteiger partial charge in [0.15, 0.2) is 11.5 Å². The van der Waals surface area contributed by atoms with E-state index >= 15 is 0 Å². The van der Waals surface area contributed by atoms with Crippen molar-refractivity contribution in [3.8, 4) is 11.5 Å². The Hall–Kier alpha value is -2.60. The second-order valence-corrected chi connectivity index (χ2v) is 6.27. The number of hydrogen-bond acceptors (Lipinski definition) is 5. The van der Waals surface area contributed by atoms with Crippen molar-refractivity contribution in [1.82, 2.24) is 4.98 Å². The van der Waals surface area contributed by atoms with Crippen LogP contribution in [0.3, 0.4) is 0 Å². The van der Waals surface area contributed by atoms with Gasteiger partial charge in [-0.1, -0.05) is 0 Å². The number of benzene rings is 1. The molecule has 6 heteroatoms.